The largest absolute Gasteiger partial charge is 0.310 e. The molecular weight excluding hydrogens is 641 g/mol. The van der Waals surface area contributed by atoms with Crippen molar-refractivity contribution in [1.82, 2.24) is 4.57 Å². The first-order valence-electron chi connectivity index (χ1n) is 18.4. The summed E-state index contributed by atoms with van der Waals surface area (Å²) in [5, 5.41) is 2.55. The van der Waals surface area contributed by atoms with Crippen LogP contribution in [0.3, 0.4) is 0 Å². The van der Waals surface area contributed by atoms with E-state index in [1.54, 1.807) is 0 Å². The van der Waals surface area contributed by atoms with Crippen molar-refractivity contribution in [3.63, 3.8) is 0 Å². The summed E-state index contributed by atoms with van der Waals surface area (Å²) in [4.78, 5) is 2.38. The van der Waals surface area contributed by atoms with Crippen LogP contribution in [0.15, 0.2) is 194 Å². The van der Waals surface area contributed by atoms with Gasteiger partial charge in [-0.05, 0) is 105 Å². The maximum atomic E-state index is 2.42. The van der Waals surface area contributed by atoms with Gasteiger partial charge >= 0.3 is 0 Å². The molecule has 0 saturated carbocycles. The molecule has 0 atom stereocenters. The van der Waals surface area contributed by atoms with Crippen molar-refractivity contribution in [2.75, 3.05) is 4.90 Å². The lowest BCUT2D eigenvalue weighted by molar-refractivity contribution is 0.660. The van der Waals surface area contributed by atoms with Gasteiger partial charge in [-0.1, -0.05) is 147 Å². The number of aromatic nitrogens is 1. The van der Waals surface area contributed by atoms with Crippen molar-refractivity contribution in [1.29, 1.82) is 0 Å². The average Bonchev–Trinajstić information content (AvgIpc) is 3.67. The first-order valence-corrected chi connectivity index (χ1v) is 18.4. The van der Waals surface area contributed by atoms with Crippen molar-refractivity contribution in [2.24, 2.45) is 0 Å². The molecule has 0 N–H and O–H groups in total. The highest BCUT2D eigenvalue weighted by Crippen LogP contribution is 2.54. The fraction of sp³-hybridized carbons (Fsp3) is 0.0588. The smallest absolute Gasteiger partial charge is 0.0541 e. The zero-order chi connectivity index (χ0) is 35.5. The second-order valence-electron chi connectivity index (χ2n) is 14.6. The van der Waals surface area contributed by atoms with Crippen molar-refractivity contribution in [3.05, 3.63) is 205 Å². The monoisotopic (exact) mass is 678 g/mol. The van der Waals surface area contributed by atoms with Gasteiger partial charge in [0.1, 0.15) is 0 Å². The highest BCUT2D eigenvalue weighted by atomic mass is 15.1. The summed E-state index contributed by atoms with van der Waals surface area (Å²) in [6.07, 6.45) is 0. The van der Waals surface area contributed by atoms with Gasteiger partial charge in [0.2, 0.25) is 0 Å². The molecule has 9 aromatic rings. The highest BCUT2D eigenvalue weighted by molar-refractivity contribution is 6.09. The van der Waals surface area contributed by atoms with E-state index in [0.29, 0.717) is 0 Å². The maximum absolute atomic E-state index is 2.42. The predicted molar refractivity (Wildman–Crippen MR) is 224 cm³/mol. The van der Waals surface area contributed by atoms with E-state index in [1.807, 2.05) is 0 Å². The van der Waals surface area contributed by atoms with Crippen LogP contribution in [0.4, 0.5) is 17.1 Å². The molecule has 0 bridgehead atoms. The molecule has 0 radical (unpaired) electrons. The van der Waals surface area contributed by atoms with E-state index in [-0.39, 0.29) is 5.41 Å². The third-order valence-corrected chi connectivity index (χ3v) is 11.2. The number of para-hydroxylation sites is 3. The number of rotatable bonds is 6. The molecule has 252 valence electrons. The Labute approximate surface area is 310 Å². The normalized spacial score (nSPS) is 12.9. The number of nitrogens with zero attached hydrogens (tertiary/aromatic N) is 2. The molecule has 0 saturated heterocycles. The van der Waals surface area contributed by atoms with E-state index >= 15 is 0 Å². The molecule has 10 rings (SSSR count). The van der Waals surface area contributed by atoms with Crippen LogP contribution in [0.2, 0.25) is 0 Å². The topological polar surface area (TPSA) is 8.17 Å². The van der Waals surface area contributed by atoms with Gasteiger partial charge in [-0.2, -0.15) is 0 Å². The van der Waals surface area contributed by atoms with E-state index in [1.165, 1.54) is 72.0 Å². The number of benzene rings is 8. The molecule has 0 fully saturated rings. The summed E-state index contributed by atoms with van der Waals surface area (Å²) < 4.78 is 2.41. The molecule has 1 aromatic heterocycles. The Bertz CT molecular complexity index is 2740. The summed E-state index contributed by atoms with van der Waals surface area (Å²) in [5.41, 5.74) is 17.1. The fourth-order valence-electron chi connectivity index (χ4n) is 8.63. The van der Waals surface area contributed by atoms with Crippen LogP contribution in [0.5, 0.6) is 0 Å². The Morgan fingerprint density at radius 1 is 0.396 bits per heavy atom. The second-order valence-corrected chi connectivity index (χ2v) is 14.6. The molecule has 2 heteroatoms. The lowest BCUT2D eigenvalue weighted by Gasteiger charge is -2.28. The van der Waals surface area contributed by atoms with Crippen molar-refractivity contribution >= 4 is 38.9 Å². The molecule has 0 aliphatic heterocycles. The van der Waals surface area contributed by atoms with Crippen LogP contribution in [0.25, 0.3) is 60.9 Å². The molecule has 0 unspecified atom stereocenters. The van der Waals surface area contributed by atoms with Gasteiger partial charge in [-0.25, -0.2) is 0 Å². The lowest BCUT2D eigenvalue weighted by Crippen LogP contribution is -2.16. The van der Waals surface area contributed by atoms with Gasteiger partial charge in [0.25, 0.3) is 0 Å². The number of hydrogen-bond donors (Lipinski definition) is 0. The second kappa shape index (κ2) is 12.3. The molecular formula is C51H38N2. The molecule has 1 aliphatic carbocycles. The van der Waals surface area contributed by atoms with Crippen molar-refractivity contribution in [2.45, 2.75) is 19.3 Å². The minimum absolute atomic E-state index is 0.180. The first kappa shape index (κ1) is 31.1. The van der Waals surface area contributed by atoms with Crippen LogP contribution in [0.1, 0.15) is 25.0 Å². The standard InChI is InChI=1S/C51H38N2/c1-51(2)46-24-14-23-42(37-17-13-20-40(33-37)53-48-25-11-9-21-43(48)44-22-10-12-26-49(44)53)50(46)45-32-31-41(34-47(45)51)52(38-18-7-4-8-19-38)39-29-27-36(28-30-39)35-15-5-3-6-16-35/h3-34H,1-2H3. The third-order valence-electron chi connectivity index (χ3n) is 11.2. The van der Waals surface area contributed by atoms with Crippen molar-refractivity contribution in [3.8, 4) is 39.1 Å². The zero-order valence-electron chi connectivity index (χ0n) is 29.9. The Hall–Kier alpha value is -6.64. The lowest BCUT2D eigenvalue weighted by atomic mass is 9.81. The van der Waals surface area contributed by atoms with Crippen LogP contribution in [0, 0.1) is 0 Å². The minimum atomic E-state index is -0.180. The summed E-state index contributed by atoms with van der Waals surface area (Å²) in [6.45, 7) is 4.75. The Balaban J connectivity index is 1.09. The van der Waals surface area contributed by atoms with Gasteiger partial charge in [-0.3, -0.25) is 0 Å². The molecule has 0 amide bonds. The molecule has 2 nitrogen and oxygen atoms in total. The minimum Gasteiger partial charge on any atom is -0.310 e. The molecule has 0 spiro atoms. The molecule has 53 heavy (non-hydrogen) atoms. The van der Waals surface area contributed by atoms with Gasteiger partial charge < -0.3 is 9.47 Å². The van der Waals surface area contributed by atoms with E-state index < -0.39 is 0 Å². The molecule has 8 aromatic carbocycles. The van der Waals surface area contributed by atoms with E-state index in [2.05, 4.69) is 217 Å². The summed E-state index contributed by atoms with van der Waals surface area (Å²) >= 11 is 0. The van der Waals surface area contributed by atoms with E-state index in [0.717, 1.165) is 17.1 Å². The number of fused-ring (bicyclic) bond motifs is 6. The molecule has 1 aliphatic rings. The summed E-state index contributed by atoms with van der Waals surface area (Å²) in [5.74, 6) is 0. The summed E-state index contributed by atoms with van der Waals surface area (Å²) in [6, 6.07) is 70.7. The third kappa shape index (κ3) is 5.02. The zero-order valence-corrected chi connectivity index (χ0v) is 29.9. The van der Waals surface area contributed by atoms with Crippen LogP contribution < -0.4 is 4.90 Å². The number of anilines is 3. The van der Waals surface area contributed by atoms with Gasteiger partial charge in [0.15, 0.2) is 0 Å². The number of hydrogen-bond acceptors (Lipinski definition) is 1. The Kier molecular flexibility index (Phi) is 7.19. The fourth-order valence-corrected chi connectivity index (χ4v) is 8.63. The SMILES string of the molecule is CC1(C)c2cc(N(c3ccccc3)c3ccc(-c4ccccc4)cc3)ccc2-c2c(-c3cccc(-n4c5ccccc5c5ccccc54)c3)cccc21. The quantitative estimate of drug-likeness (QED) is 0.170. The Morgan fingerprint density at radius 3 is 1.68 bits per heavy atom. The van der Waals surface area contributed by atoms with Crippen molar-refractivity contribution < 1.29 is 0 Å². The molecule has 1 heterocycles. The maximum Gasteiger partial charge on any atom is 0.0541 e. The Morgan fingerprint density at radius 2 is 0.962 bits per heavy atom. The van der Waals surface area contributed by atoms with Gasteiger partial charge in [0.05, 0.1) is 11.0 Å². The predicted octanol–water partition coefficient (Wildman–Crippen LogP) is 13.9. The van der Waals surface area contributed by atoms with Gasteiger partial charge in [0, 0.05) is 38.9 Å². The van der Waals surface area contributed by atoms with Crippen LogP contribution in [-0.2, 0) is 5.41 Å². The summed E-state index contributed by atoms with van der Waals surface area (Å²) in [7, 11) is 0. The van der Waals surface area contributed by atoms with E-state index in [9.17, 15) is 0 Å². The highest BCUT2D eigenvalue weighted by Gasteiger charge is 2.37. The van der Waals surface area contributed by atoms with E-state index in [4.69, 9.17) is 0 Å². The first-order chi connectivity index (χ1) is 26.1. The van der Waals surface area contributed by atoms with Crippen LogP contribution in [-0.4, -0.2) is 4.57 Å². The average molecular weight is 679 g/mol. The van der Waals surface area contributed by atoms with Gasteiger partial charge in [-0.15, -0.1) is 0 Å². The van der Waals surface area contributed by atoms with Crippen LogP contribution >= 0.6 is 0 Å².